The highest BCUT2D eigenvalue weighted by atomic mass is 16.5. The number of hydrogen-bond acceptors (Lipinski definition) is 10. The standard InChI is InChI=1S/C19H32N4O10/c1-3-4-14(26)20-11-21-15(27)5-6-23(17(33-13-25)10-19(30)31)8-7-22(2)16(32-12-24)9-18(28)29/h12-13,16-17H,3-11H2,1-2H3,(H,20,26)(H,21,27)(H,28,29)(H,30,31)/t16-,17-/m0/s1. The lowest BCUT2D eigenvalue weighted by Crippen LogP contribution is -2.47. The van der Waals surface area contributed by atoms with Crippen molar-refractivity contribution in [2.75, 3.05) is 33.4 Å². The minimum Gasteiger partial charge on any atom is -0.481 e. The minimum atomic E-state index is -1.24. The second-order valence-corrected chi connectivity index (χ2v) is 6.96. The van der Waals surface area contributed by atoms with Gasteiger partial charge in [0.2, 0.25) is 11.8 Å². The average molecular weight is 476 g/mol. The van der Waals surface area contributed by atoms with Gasteiger partial charge in [0.25, 0.3) is 12.9 Å². The van der Waals surface area contributed by atoms with Gasteiger partial charge in [0, 0.05) is 32.5 Å². The summed E-state index contributed by atoms with van der Waals surface area (Å²) in [4.78, 5) is 70.0. The smallest absolute Gasteiger partial charge is 0.308 e. The van der Waals surface area contributed by atoms with Crippen LogP contribution in [0.4, 0.5) is 0 Å². The SMILES string of the molecule is CCCC(=O)NCNC(=O)CCN(CCN(C)[C@H](CC(=O)O)OC=O)[C@H](CC(=O)O)OC=O. The Morgan fingerprint density at radius 2 is 1.36 bits per heavy atom. The van der Waals surface area contributed by atoms with Crippen LogP contribution in [0.2, 0.25) is 0 Å². The highest BCUT2D eigenvalue weighted by Crippen LogP contribution is 2.10. The third-order valence-electron chi connectivity index (χ3n) is 4.44. The molecule has 0 aliphatic heterocycles. The van der Waals surface area contributed by atoms with Crippen LogP contribution in [0.15, 0.2) is 0 Å². The second kappa shape index (κ2) is 17.3. The van der Waals surface area contributed by atoms with Crippen LogP contribution >= 0.6 is 0 Å². The minimum absolute atomic E-state index is 0.00744. The molecule has 0 saturated carbocycles. The maximum absolute atomic E-state index is 12.1. The molecule has 2 atom stereocenters. The predicted octanol–water partition coefficient (Wildman–Crippen LogP) is -1.45. The Bertz CT molecular complexity index is 660. The van der Waals surface area contributed by atoms with Crippen molar-refractivity contribution >= 4 is 36.7 Å². The van der Waals surface area contributed by atoms with Crippen LogP contribution in [-0.4, -0.2) is 103 Å². The number of aliphatic carboxylic acids is 2. The molecule has 0 aliphatic rings. The third-order valence-corrected chi connectivity index (χ3v) is 4.44. The highest BCUT2D eigenvalue weighted by Gasteiger charge is 2.26. The number of carbonyl (C=O) groups is 6. The van der Waals surface area contributed by atoms with Crippen molar-refractivity contribution in [1.29, 1.82) is 0 Å². The number of rotatable bonds is 20. The molecule has 14 heteroatoms. The van der Waals surface area contributed by atoms with Crippen molar-refractivity contribution in [3.63, 3.8) is 0 Å². The molecule has 14 nitrogen and oxygen atoms in total. The molecule has 0 aliphatic carbocycles. The highest BCUT2D eigenvalue weighted by molar-refractivity contribution is 5.78. The van der Waals surface area contributed by atoms with Crippen molar-refractivity contribution in [2.24, 2.45) is 0 Å². The molecule has 0 aromatic heterocycles. The van der Waals surface area contributed by atoms with E-state index in [-0.39, 0.29) is 51.6 Å². The van der Waals surface area contributed by atoms with E-state index in [1.807, 2.05) is 6.92 Å². The van der Waals surface area contributed by atoms with Gasteiger partial charge in [-0.2, -0.15) is 0 Å². The number of carbonyl (C=O) groups excluding carboxylic acids is 4. The lowest BCUT2D eigenvalue weighted by molar-refractivity contribution is -0.157. The van der Waals surface area contributed by atoms with E-state index >= 15 is 0 Å². The summed E-state index contributed by atoms with van der Waals surface area (Å²) in [6.45, 7) is 2.13. The molecule has 0 bridgehead atoms. The molecule has 0 saturated heterocycles. The van der Waals surface area contributed by atoms with Gasteiger partial charge in [-0.1, -0.05) is 6.92 Å². The Hall–Kier alpha value is -3.26. The monoisotopic (exact) mass is 476 g/mol. The summed E-state index contributed by atoms with van der Waals surface area (Å²) in [5.41, 5.74) is 0. The zero-order valence-corrected chi connectivity index (χ0v) is 18.7. The van der Waals surface area contributed by atoms with Crippen LogP contribution in [0.5, 0.6) is 0 Å². The molecule has 2 amide bonds. The zero-order valence-electron chi connectivity index (χ0n) is 18.7. The molecule has 0 radical (unpaired) electrons. The fourth-order valence-electron chi connectivity index (χ4n) is 2.72. The van der Waals surface area contributed by atoms with Gasteiger partial charge in [-0.15, -0.1) is 0 Å². The van der Waals surface area contributed by atoms with E-state index in [0.717, 1.165) is 0 Å². The average Bonchev–Trinajstić information content (AvgIpc) is 2.72. The summed E-state index contributed by atoms with van der Waals surface area (Å²) in [5.74, 6) is -3.08. The van der Waals surface area contributed by atoms with Crippen molar-refractivity contribution < 1.29 is 48.5 Å². The fraction of sp³-hybridized carbons (Fsp3) is 0.684. The Kier molecular flexibility index (Phi) is 15.6. The van der Waals surface area contributed by atoms with E-state index in [2.05, 4.69) is 10.6 Å². The van der Waals surface area contributed by atoms with Crippen LogP contribution in [-0.2, 0) is 38.2 Å². The molecular formula is C19H32N4O10. The Morgan fingerprint density at radius 1 is 0.848 bits per heavy atom. The number of nitrogens with zero attached hydrogens (tertiary/aromatic N) is 2. The van der Waals surface area contributed by atoms with Crippen molar-refractivity contribution in [1.82, 2.24) is 20.4 Å². The van der Waals surface area contributed by atoms with Gasteiger partial charge >= 0.3 is 11.9 Å². The summed E-state index contributed by atoms with van der Waals surface area (Å²) < 4.78 is 9.63. The first-order valence-electron chi connectivity index (χ1n) is 10.2. The normalized spacial score (nSPS) is 12.5. The molecule has 0 spiro atoms. The van der Waals surface area contributed by atoms with E-state index in [0.29, 0.717) is 12.8 Å². The molecule has 33 heavy (non-hydrogen) atoms. The second-order valence-electron chi connectivity index (χ2n) is 6.96. The molecule has 4 N–H and O–H groups in total. The van der Waals surface area contributed by atoms with Crippen LogP contribution in [0, 0.1) is 0 Å². The fourth-order valence-corrected chi connectivity index (χ4v) is 2.72. The summed E-state index contributed by atoms with van der Waals surface area (Å²) in [6, 6.07) is 0. The molecule has 0 aromatic carbocycles. The third kappa shape index (κ3) is 14.4. The topological polar surface area (TPSA) is 192 Å². The number of nitrogens with one attached hydrogen (secondary N) is 2. The van der Waals surface area contributed by atoms with Gasteiger partial charge in [-0.25, -0.2) is 0 Å². The van der Waals surface area contributed by atoms with Gasteiger partial charge in [0.1, 0.15) is 0 Å². The summed E-state index contributed by atoms with van der Waals surface area (Å²) in [7, 11) is 1.49. The largest absolute Gasteiger partial charge is 0.481 e. The van der Waals surface area contributed by atoms with Crippen molar-refractivity contribution in [2.45, 2.75) is 51.5 Å². The maximum Gasteiger partial charge on any atom is 0.308 e. The zero-order chi connectivity index (χ0) is 25.2. The molecule has 0 unspecified atom stereocenters. The molecule has 0 fully saturated rings. The van der Waals surface area contributed by atoms with Crippen molar-refractivity contribution in [3.05, 3.63) is 0 Å². The Balaban J connectivity index is 5.05. The van der Waals surface area contributed by atoms with Crippen LogP contribution in [0.25, 0.3) is 0 Å². The molecular weight excluding hydrogens is 444 g/mol. The van der Waals surface area contributed by atoms with Crippen molar-refractivity contribution in [3.8, 4) is 0 Å². The molecule has 0 rings (SSSR count). The Labute approximate surface area is 191 Å². The van der Waals surface area contributed by atoms with Crippen LogP contribution < -0.4 is 10.6 Å². The van der Waals surface area contributed by atoms with E-state index in [1.54, 1.807) is 0 Å². The summed E-state index contributed by atoms with van der Waals surface area (Å²) >= 11 is 0. The number of carboxylic acids is 2. The van der Waals surface area contributed by atoms with Crippen LogP contribution in [0.3, 0.4) is 0 Å². The van der Waals surface area contributed by atoms with E-state index < -0.39 is 43.1 Å². The van der Waals surface area contributed by atoms with Gasteiger partial charge in [0.15, 0.2) is 12.5 Å². The Morgan fingerprint density at radius 3 is 1.88 bits per heavy atom. The lowest BCUT2D eigenvalue weighted by Gasteiger charge is -2.32. The number of likely N-dealkylation sites (N-methyl/N-ethyl adjacent to an activating group) is 1. The number of carboxylic acid groups (broad SMARTS) is 2. The first-order valence-corrected chi connectivity index (χ1v) is 10.2. The molecule has 0 heterocycles. The van der Waals surface area contributed by atoms with E-state index in [1.165, 1.54) is 16.8 Å². The number of ether oxygens (including phenoxy) is 2. The van der Waals surface area contributed by atoms with Gasteiger partial charge in [-0.3, -0.25) is 38.6 Å². The first-order chi connectivity index (χ1) is 15.6. The maximum atomic E-state index is 12.1. The van der Waals surface area contributed by atoms with Crippen LogP contribution in [0.1, 0.15) is 39.0 Å². The number of amides is 2. The van der Waals surface area contributed by atoms with E-state index in [4.69, 9.17) is 19.7 Å². The van der Waals surface area contributed by atoms with Gasteiger partial charge in [0.05, 0.1) is 19.5 Å². The first kappa shape index (κ1) is 29.7. The molecule has 188 valence electrons. The van der Waals surface area contributed by atoms with E-state index in [9.17, 15) is 28.8 Å². The summed E-state index contributed by atoms with van der Waals surface area (Å²) in [5, 5.41) is 23.1. The quantitative estimate of drug-likeness (QED) is 0.118. The van der Waals surface area contributed by atoms with Gasteiger partial charge < -0.3 is 30.3 Å². The number of hydrogen-bond donors (Lipinski definition) is 4. The van der Waals surface area contributed by atoms with Gasteiger partial charge in [-0.05, 0) is 13.5 Å². The predicted molar refractivity (Wildman–Crippen MR) is 111 cm³/mol. The molecule has 0 aromatic rings. The summed E-state index contributed by atoms with van der Waals surface area (Å²) in [6.07, 6.45) is -2.40. The lowest BCUT2D eigenvalue weighted by atomic mass is 10.2.